The molecule has 0 fully saturated rings. The minimum absolute atomic E-state index is 0.156. The van der Waals surface area contributed by atoms with Gasteiger partial charge in [-0.3, -0.25) is 4.79 Å². The maximum atomic E-state index is 11.8. The summed E-state index contributed by atoms with van der Waals surface area (Å²) in [6, 6.07) is 4.62. The molecule has 0 saturated heterocycles. The molecule has 1 rings (SSSR count). The molecule has 0 aromatic heterocycles. The van der Waals surface area contributed by atoms with Crippen LogP contribution < -0.4 is 15.8 Å². The van der Waals surface area contributed by atoms with Crippen LogP contribution in [-0.4, -0.2) is 31.6 Å². The second-order valence-electron chi connectivity index (χ2n) is 4.11. The van der Waals surface area contributed by atoms with Gasteiger partial charge >= 0.3 is 5.97 Å². The molecule has 0 saturated carbocycles. The van der Waals surface area contributed by atoms with Crippen LogP contribution in [0.1, 0.15) is 30.6 Å². The normalized spacial score (nSPS) is 9.90. The minimum atomic E-state index is -0.524. The molecular weight excluding hydrogens is 260 g/mol. The molecule has 1 aromatic rings. The smallest absolute Gasteiger partial charge is 0.341 e. The Bertz CT molecular complexity index is 474. The number of benzene rings is 1. The first kappa shape index (κ1) is 15.8. The first-order valence-corrected chi connectivity index (χ1v) is 6.54. The molecule has 0 aliphatic carbocycles. The second-order valence-corrected chi connectivity index (χ2v) is 4.11. The quantitative estimate of drug-likeness (QED) is 0.581. The SMILES string of the molecule is CCCNC(=O)COc1ccc(N)cc1C(=O)OCC. The van der Waals surface area contributed by atoms with E-state index in [0.29, 0.717) is 12.2 Å². The van der Waals surface area contributed by atoms with Crippen LogP contribution in [0, 0.1) is 0 Å². The fraction of sp³-hybridized carbons (Fsp3) is 0.429. The number of rotatable bonds is 7. The lowest BCUT2D eigenvalue weighted by Gasteiger charge is -2.11. The van der Waals surface area contributed by atoms with Crippen LogP contribution in [0.2, 0.25) is 0 Å². The van der Waals surface area contributed by atoms with Crippen molar-refractivity contribution in [3.05, 3.63) is 23.8 Å². The number of hydrogen-bond donors (Lipinski definition) is 2. The topological polar surface area (TPSA) is 90.6 Å². The fourth-order valence-electron chi connectivity index (χ4n) is 1.50. The number of anilines is 1. The number of nitrogen functional groups attached to an aromatic ring is 1. The van der Waals surface area contributed by atoms with E-state index in [0.717, 1.165) is 6.42 Å². The van der Waals surface area contributed by atoms with Gasteiger partial charge in [-0.2, -0.15) is 0 Å². The van der Waals surface area contributed by atoms with Crippen molar-refractivity contribution in [2.45, 2.75) is 20.3 Å². The van der Waals surface area contributed by atoms with Crippen molar-refractivity contribution in [2.75, 3.05) is 25.5 Å². The molecular formula is C14H20N2O4. The molecule has 0 spiro atoms. The van der Waals surface area contributed by atoms with Gasteiger partial charge in [0.25, 0.3) is 5.91 Å². The van der Waals surface area contributed by atoms with Crippen molar-refractivity contribution in [1.82, 2.24) is 5.32 Å². The molecule has 1 aromatic carbocycles. The van der Waals surface area contributed by atoms with E-state index in [4.69, 9.17) is 15.2 Å². The molecule has 3 N–H and O–H groups in total. The lowest BCUT2D eigenvalue weighted by atomic mass is 10.2. The number of nitrogens with one attached hydrogen (secondary N) is 1. The van der Waals surface area contributed by atoms with E-state index in [-0.39, 0.29) is 30.4 Å². The first-order chi connectivity index (χ1) is 9.58. The Labute approximate surface area is 118 Å². The van der Waals surface area contributed by atoms with E-state index < -0.39 is 5.97 Å². The number of amides is 1. The number of carbonyl (C=O) groups is 2. The zero-order valence-electron chi connectivity index (χ0n) is 11.8. The van der Waals surface area contributed by atoms with Gasteiger partial charge in [-0.1, -0.05) is 6.92 Å². The van der Waals surface area contributed by atoms with Gasteiger partial charge < -0.3 is 20.5 Å². The van der Waals surface area contributed by atoms with Gasteiger partial charge in [0.2, 0.25) is 0 Å². The highest BCUT2D eigenvalue weighted by Gasteiger charge is 2.15. The number of carbonyl (C=O) groups excluding carboxylic acids is 2. The minimum Gasteiger partial charge on any atom is -0.483 e. The van der Waals surface area contributed by atoms with Crippen LogP contribution in [0.15, 0.2) is 18.2 Å². The zero-order chi connectivity index (χ0) is 15.0. The Kier molecular flexibility index (Phi) is 6.36. The van der Waals surface area contributed by atoms with Crippen LogP contribution in [0.4, 0.5) is 5.69 Å². The van der Waals surface area contributed by atoms with Crippen LogP contribution in [-0.2, 0) is 9.53 Å². The third-order valence-corrected chi connectivity index (χ3v) is 2.43. The van der Waals surface area contributed by atoms with E-state index in [9.17, 15) is 9.59 Å². The lowest BCUT2D eigenvalue weighted by molar-refractivity contribution is -0.123. The summed E-state index contributed by atoms with van der Waals surface area (Å²) in [6.07, 6.45) is 0.849. The predicted molar refractivity (Wildman–Crippen MR) is 75.6 cm³/mol. The van der Waals surface area contributed by atoms with Gasteiger partial charge in [-0.15, -0.1) is 0 Å². The third kappa shape index (κ3) is 4.79. The Morgan fingerprint density at radius 1 is 1.30 bits per heavy atom. The summed E-state index contributed by atoms with van der Waals surface area (Å²) in [5.74, 6) is -0.480. The van der Waals surface area contributed by atoms with Crippen molar-refractivity contribution < 1.29 is 19.1 Å². The summed E-state index contributed by atoms with van der Waals surface area (Å²) in [5, 5.41) is 2.68. The number of nitrogens with two attached hydrogens (primary N) is 1. The van der Waals surface area contributed by atoms with E-state index >= 15 is 0 Å². The molecule has 0 unspecified atom stereocenters. The summed E-state index contributed by atoms with van der Waals surface area (Å²) in [4.78, 5) is 23.2. The molecule has 0 heterocycles. The highest BCUT2D eigenvalue weighted by molar-refractivity contribution is 5.93. The van der Waals surface area contributed by atoms with E-state index in [1.54, 1.807) is 19.1 Å². The largest absolute Gasteiger partial charge is 0.483 e. The Balaban J connectivity index is 2.73. The van der Waals surface area contributed by atoms with E-state index in [1.165, 1.54) is 6.07 Å². The van der Waals surface area contributed by atoms with Crippen molar-refractivity contribution >= 4 is 17.6 Å². The highest BCUT2D eigenvalue weighted by Crippen LogP contribution is 2.22. The zero-order valence-corrected chi connectivity index (χ0v) is 11.8. The van der Waals surface area contributed by atoms with Crippen molar-refractivity contribution in [3.63, 3.8) is 0 Å². The molecule has 6 heteroatoms. The van der Waals surface area contributed by atoms with Gasteiger partial charge in [0.15, 0.2) is 6.61 Å². The Morgan fingerprint density at radius 2 is 2.05 bits per heavy atom. The maximum Gasteiger partial charge on any atom is 0.341 e. The lowest BCUT2D eigenvalue weighted by Crippen LogP contribution is -2.29. The standard InChI is InChI=1S/C14H20N2O4/c1-3-7-16-13(17)9-20-12-6-5-10(15)8-11(12)14(18)19-4-2/h5-6,8H,3-4,7,9,15H2,1-2H3,(H,16,17). The molecule has 0 radical (unpaired) electrons. The Hall–Kier alpha value is -2.24. The number of ether oxygens (including phenoxy) is 2. The van der Waals surface area contributed by atoms with Crippen LogP contribution >= 0.6 is 0 Å². The maximum absolute atomic E-state index is 11.8. The number of esters is 1. The summed E-state index contributed by atoms with van der Waals surface area (Å²) >= 11 is 0. The number of hydrogen-bond acceptors (Lipinski definition) is 5. The third-order valence-electron chi connectivity index (χ3n) is 2.43. The summed E-state index contributed by atoms with van der Waals surface area (Å²) in [7, 11) is 0. The van der Waals surface area contributed by atoms with Crippen molar-refractivity contribution in [2.24, 2.45) is 0 Å². The monoisotopic (exact) mass is 280 g/mol. The van der Waals surface area contributed by atoms with Gasteiger partial charge in [-0.05, 0) is 31.5 Å². The van der Waals surface area contributed by atoms with Gasteiger partial charge in [-0.25, -0.2) is 4.79 Å². The van der Waals surface area contributed by atoms with Crippen LogP contribution in [0.5, 0.6) is 5.75 Å². The molecule has 20 heavy (non-hydrogen) atoms. The molecule has 6 nitrogen and oxygen atoms in total. The summed E-state index contributed by atoms with van der Waals surface area (Å²) in [5.41, 5.74) is 6.28. The molecule has 0 aliphatic heterocycles. The summed E-state index contributed by atoms with van der Waals surface area (Å²) in [6.45, 7) is 4.36. The average molecular weight is 280 g/mol. The Morgan fingerprint density at radius 3 is 2.70 bits per heavy atom. The second kappa shape index (κ2) is 8.04. The summed E-state index contributed by atoms with van der Waals surface area (Å²) < 4.78 is 10.3. The fourth-order valence-corrected chi connectivity index (χ4v) is 1.50. The van der Waals surface area contributed by atoms with Gasteiger partial charge in [0.1, 0.15) is 11.3 Å². The average Bonchev–Trinajstić information content (AvgIpc) is 2.43. The van der Waals surface area contributed by atoms with Crippen molar-refractivity contribution in [1.29, 1.82) is 0 Å². The molecule has 110 valence electrons. The molecule has 0 aliphatic rings. The molecule has 1 amide bonds. The highest BCUT2D eigenvalue weighted by atomic mass is 16.5. The van der Waals surface area contributed by atoms with Gasteiger partial charge in [0, 0.05) is 12.2 Å². The van der Waals surface area contributed by atoms with E-state index in [1.807, 2.05) is 6.92 Å². The first-order valence-electron chi connectivity index (χ1n) is 6.54. The molecule has 0 atom stereocenters. The van der Waals surface area contributed by atoms with E-state index in [2.05, 4.69) is 5.32 Å². The van der Waals surface area contributed by atoms with Crippen LogP contribution in [0.3, 0.4) is 0 Å². The van der Waals surface area contributed by atoms with Crippen molar-refractivity contribution in [3.8, 4) is 5.75 Å². The predicted octanol–water partition coefficient (Wildman–Crippen LogP) is 1.35. The van der Waals surface area contributed by atoms with Gasteiger partial charge in [0.05, 0.1) is 6.61 Å². The molecule has 0 bridgehead atoms. The van der Waals surface area contributed by atoms with Crippen LogP contribution in [0.25, 0.3) is 0 Å².